The second-order valence-electron chi connectivity index (χ2n) is 3.76. The Morgan fingerprint density at radius 2 is 2.08 bits per heavy atom. The van der Waals surface area contributed by atoms with Crippen molar-refractivity contribution < 1.29 is 4.39 Å². The summed E-state index contributed by atoms with van der Waals surface area (Å²) in [5, 5.41) is 3.51. The Morgan fingerprint density at radius 3 is 2.62 bits per heavy atom. The normalized spacial score (nSPS) is 20.8. The summed E-state index contributed by atoms with van der Waals surface area (Å²) in [6.07, 6.45) is 3.56. The Kier molecular flexibility index (Phi) is 5.32. The predicted octanol–water partition coefficient (Wildman–Crippen LogP) is 1.42. The van der Waals surface area contributed by atoms with Crippen molar-refractivity contribution in [2.45, 2.75) is 32.2 Å². The van der Waals surface area contributed by atoms with E-state index in [-0.39, 0.29) is 6.67 Å². The molecular weight excluding hydrogens is 167 g/mol. The fourth-order valence-corrected chi connectivity index (χ4v) is 1.83. The molecule has 1 rings (SSSR count). The number of hydrogen-bond donors (Lipinski definition) is 1. The number of nitrogens with zero attached hydrogens (tertiary/aromatic N) is 1. The third-order valence-electron chi connectivity index (χ3n) is 2.67. The molecular formula is C10H21FN2. The second-order valence-corrected chi connectivity index (χ2v) is 3.76. The van der Waals surface area contributed by atoms with E-state index in [0.29, 0.717) is 12.6 Å². The van der Waals surface area contributed by atoms with Crippen molar-refractivity contribution in [2.24, 2.45) is 0 Å². The van der Waals surface area contributed by atoms with Gasteiger partial charge in [0.15, 0.2) is 0 Å². The van der Waals surface area contributed by atoms with Gasteiger partial charge in [-0.05, 0) is 38.9 Å². The van der Waals surface area contributed by atoms with Gasteiger partial charge in [0.25, 0.3) is 0 Å². The minimum absolute atomic E-state index is 0.201. The molecule has 0 aliphatic carbocycles. The summed E-state index contributed by atoms with van der Waals surface area (Å²) in [6.45, 7) is 5.85. The molecule has 0 unspecified atom stereocenters. The average molecular weight is 188 g/mol. The molecule has 3 heteroatoms. The van der Waals surface area contributed by atoms with Crippen LogP contribution >= 0.6 is 0 Å². The largest absolute Gasteiger partial charge is 0.314 e. The van der Waals surface area contributed by atoms with Crippen LogP contribution in [0, 0.1) is 0 Å². The molecule has 1 heterocycles. The van der Waals surface area contributed by atoms with E-state index in [4.69, 9.17) is 0 Å². The number of halogens is 1. The first kappa shape index (κ1) is 10.9. The lowest BCUT2D eigenvalue weighted by molar-refractivity contribution is 0.185. The van der Waals surface area contributed by atoms with Crippen molar-refractivity contribution in [1.29, 1.82) is 0 Å². The highest BCUT2D eigenvalue weighted by Gasteiger charge is 2.17. The molecule has 1 saturated heterocycles. The van der Waals surface area contributed by atoms with Crippen molar-refractivity contribution in [3.05, 3.63) is 0 Å². The molecule has 0 aromatic rings. The molecule has 1 fully saturated rings. The average Bonchev–Trinajstić information content (AvgIpc) is 2.17. The van der Waals surface area contributed by atoms with E-state index in [0.717, 1.165) is 19.6 Å². The van der Waals surface area contributed by atoms with E-state index in [1.54, 1.807) is 0 Å². The van der Waals surface area contributed by atoms with Crippen molar-refractivity contribution >= 4 is 0 Å². The van der Waals surface area contributed by atoms with Crippen LogP contribution in [0.3, 0.4) is 0 Å². The van der Waals surface area contributed by atoms with E-state index in [9.17, 15) is 4.39 Å². The molecule has 1 aliphatic rings. The van der Waals surface area contributed by atoms with Crippen LogP contribution in [0.25, 0.3) is 0 Å². The molecule has 0 saturated carbocycles. The zero-order chi connectivity index (χ0) is 9.52. The lowest BCUT2D eigenvalue weighted by Crippen LogP contribution is -2.43. The summed E-state index contributed by atoms with van der Waals surface area (Å²) in [6, 6.07) is 0.677. The highest BCUT2D eigenvalue weighted by molar-refractivity contribution is 4.76. The summed E-state index contributed by atoms with van der Waals surface area (Å²) in [4.78, 5) is 2.21. The van der Waals surface area contributed by atoms with Crippen molar-refractivity contribution in [2.75, 3.05) is 32.9 Å². The Labute approximate surface area is 80.5 Å². The molecule has 13 heavy (non-hydrogen) atoms. The monoisotopic (exact) mass is 188 g/mol. The lowest BCUT2D eigenvalue weighted by Gasteiger charge is -2.31. The van der Waals surface area contributed by atoms with E-state index in [1.807, 2.05) is 0 Å². The van der Waals surface area contributed by atoms with Gasteiger partial charge >= 0.3 is 0 Å². The van der Waals surface area contributed by atoms with Crippen molar-refractivity contribution in [3.63, 3.8) is 0 Å². The van der Waals surface area contributed by atoms with Crippen LogP contribution in [0.15, 0.2) is 0 Å². The van der Waals surface area contributed by atoms with Gasteiger partial charge in [0.05, 0.1) is 0 Å². The second kappa shape index (κ2) is 6.33. The fourth-order valence-electron chi connectivity index (χ4n) is 1.83. The van der Waals surface area contributed by atoms with E-state index < -0.39 is 0 Å². The first-order valence-corrected chi connectivity index (χ1v) is 5.38. The van der Waals surface area contributed by atoms with E-state index >= 15 is 0 Å². The minimum atomic E-state index is -0.201. The standard InChI is InChI=1S/C10H21FN2/c1-2-6-12-10-3-7-13(8-4-10)9-5-11/h10,12H,2-9H2,1H3. The predicted molar refractivity (Wildman–Crippen MR) is 53.7 cm³/mol. The van der Waals surface area contributed by atoms with Crippen molar-refractivity contribution in [1.82, 2.24) is 10.2 Å². The van der Waals surface area contributed by atoms with Gasteiger partial charge in [0.1, 0.15) is 6.67 Å². The molecule has 78 valence electrons. The maximum atomic E-state index is 12.0. The van der Waals surface area contributed by atoms with Gasteiger partial charge in [0.2, 0.25) is 0 Å². The third kappa shape index (κ3) is 4.05. The first-order valence-electron chi connectivity index (χ1n) is 5.38. The van der Waals surface area contributed by atoms with Gasteiger partial charge in [-0.2, -0.15) is 0 Å². The third-order valence-corrected chi connectivity index (χ3v) is 2.67. The first-order chi connectivity index (χ1) is 6.36. The van der Waals surface area contributed by atoms with Gasteiger partial charge in [0, 0.05) is 12.6 Å². The van der Waals surface area contributed by atoms with Gasteiger partial charge in [-0.3, -0.25) is 0 Å². The topological polar surface area (TPSA) is 15.3 Å². The summed E-state index contributed by atoms with van der Waals surface area (Å²) >= 11 is 0. The van der Waals surface area contributed by atoms with Crippen LogP contribution in [0.1, 0.15) is 26.2 Å². The molecule has 0 radical (unpaired) electrons. The molecule has 0 atom stereocenters. The number of rotatable bonds is 5. The van der Waals surface area contributed by atoms with E-state index in [2.05, 4.69) is 17.1 Å². The number of alkyl halides is 1. The molecule has 2 nitrogen and oxygen atoms in total. The van der Waals surface area contributed by atoms with Crippen LogP contribution < -0.4 is 5.32 Å². The Bertz CT molecular complexity index is 122. The molecule has 0 bridgehead atoms. The smallest absolute Gasteiger partial charge is 0.102 e. The summed E-state index contributed by atoms with van der Waals surface area (Å²) in [7, 11) is 0. The molecule has 0 spiro atoms. The Balaban J connectivity index is 2.08. The molecule has 0 aromatic heterocycles. The maximum Gasteiger partial charge on any atom is 0.102 e. The lowest BCUT2D eigenvalue weighted by atomic mass is 10.1. The number of hydrogen-bond acceptors (Lipinski definition) is 2. The summed E-state index contributed by atoms with van der Waals surface area (Å²) < 4.78 is 12.0. The minimum Gasteiger partial charge on any atom is -0.314 e. The number of piperidine rings is 1. The highest BCUT2D eigenvalue weighted by atomic mass is 19.1. The summed E-state index contributed by atoms with van der Waals surface area (Å²) in [5.41, 5.74) is 0. The summed E-state index contributed by atoms with van der Waals surface area (Å²) in [5.74, 6) is 0. The van der Waals surface area contributed by atoms with Crippen LogP contribution in [0.5, 0.6) is 0 Å². The maximum absolute atomic E-state index is 12.0. The van der Waals surface area contributed by atoms with Crippen LogP contribution in [0.2, 0.25) is 0 Å². The molecule has 1 aliphatic heterocycles. The quantitative estimate of drug-likeness (QED) is 0.702. The molecule has 0 aromatic carbocycles. The SMILES string of the molecule is CCCNC1CCN(CCF)CC1. The molecule has 0 amide bonds. The highest BCUT2D eigenvalue weighted by Crippen LogP contribution is 2.09. The van der Waals surface area contributed by atoms with Gasteiger partial charge in [-0.1, -0.05) is 6.92 Å². The number of nitrogens with one attached hydrogen (secondary N) is 1. The van der Waals surface area contributed by atoms with Gasteiger partial charge in [-0.15, -0.1) is 0 Å². The van der Waals surface area contributed by atoms with E-state index in [1.165, 1.54) is 19.3 Å². The number of likely N-dealkylation sites (tertiary alicyclic amines) is 1. The Morgan fingerprint density at radius 1 is 1.38 bits per heavy atom. The molecule has 1 N–H and O–H groups in total. The Hall–Kier alpha value is -0.150. The van der Waals surface area contributed by atoms with Crippen LogP contribution in [0.4, 0.5) is 4.39 Å². The fraction of sp³-hybridized carbons (Fsp3) is 1.00. The van der Waals surface area contributed by atoms with Crippen LogP contribution in [-0.2, 0) is 0 Å². The van der Waals surface area contributed by atoms with Gasteiger partial charge < -0.3 is 10.2 Å². The van der Waals surface area contributed by atoms with Crippen LogP contribution in [-0.4, -0.2) is 43.8 Å². The zero-order valence-corrected chi connectivity index (χ0v) is 8.56. The van der Waals surface area contributed by atoms with Crippen molar-refractivity contribution in [3.8, 4) is 0 Å². The van der Waals surface area contributed by atoms with Gasteiger partial charge in [-0.25, -0.2) is 4.39 Å². The zero-order valence-electron chi connectivity index (χ0n) is 8.56.